The number of nitrogens with one attached hydrogen (secondary N) is 2. The zero-order valence-corrected chi connectivity index (χ0v) is 18.5. The summed E-state index contributed by atoms with van der Waals surface area (Å²) in [5, 5.41) is 16.5. The van der Waals surface area contributed by atoms with E-state index in [0.717, 1.165) is 37.2 Å². The van der Waals surface area contributed by atoms with Crippen molar-refractivity contribution in [3.05, 3.63) is 21.3 Å². The third-order valence-electron chi connectivity index (χ3n) is 3.27. The predicted octanol–water partition coefficient (Wildman–Crippen LogP) is 3.34. The summed E-state index contributed by atoms with van der Waals surface area (Å²) in [7, 11) is 1.40. The number of carbonyl (C=O) groups is 1. The summed E-state index contributed by atoms with van der Waals surface area (Å²) in [6.07, 6.45) is 2.50. The Labute approximate surface area is 175 Å². The van der Waals surface area contributed by atoms with Gasteiger partial charge in [0.05, 0.1) is 18.0 Å². The molecule has 1 unspecified atom stereocenters. The van der Waals surface area contributed by atoms with E-state index in [1.54, 1.807) is 6.07 Å². The molecule has 0 aromatic carbocycles. The van der Waals surface area contributed by atoms with Crippen molar-refractivity contribution < 1.29 is 14.6 Å². The molecule has 0 saturated carbocycles. The second-order valence-corrected chi connectivity index (χ2v) is 6.94. The number of nitrogens with zero attached hydrogens (tertiary/aromatic N) is 1. The zero-order valence-electron chi connectivity index (χ0n) is 14.6. The number of rotatable bonds is 10. The number of unbranched alkanes of at least 4 members (excludes halogenated alkanes) is 2. The fourth-order valence-electron chi connectivity index (χ4n) is 2.00. The number of guanidine groups is 1. The number of methoxy groups -OCH3 is 1. The highest BCUT2D eigenvalue weighted by Crippen LogP contribution is 2.26. The van der Waals surface area contributed by atoms with Gasteiger partial charge in [-0.05, 0) is 31.9 Å². The van der Waals surface area contributed by atoms with Crippen LogP contribution in [0.4, 0.5) is 0 Å². The van der Waals surface area contributed by atoms with Crippen molar-refractivity contribution in [3.8, 4) is 0 Å². The van der Waals surface area contributed by atoms with Crippen LogP contribution in [0.25, 0.3) is 0 Å². The van der Waals surface area contributed by atoms with Crippen molar-refractivity contribution in [1.29, 1.82) is 0 Å². The minimum absolute atomic E-state index is 0. The van der Waals surface area contributed by atoms with Gasteiger partial charge in [0.15, 0.2) is 5.96 Å². The van der Waals surface area contributed by atoms with Crippen LogP contribution in [0.3, 0.4) is 0 Å². The van der Waals surface area contributed by atoms with Crippen molar-refractivity contribution >= 4 is 58.8 Å². The quantitative estimate of drug-likeness (QED) is 0.150. The third kappa shape index (κ3) is 10.9. The van der Waals surface area contributed by atoms with Gasteiger partial charge in [0, 0.05) is 24.4 Å². The van der Waals surface area contributed by atoms with Crippen molar-refractivity contribution in [2.24, 2.45) is 4.99 Å². The summed E-state index contributed by atoms with van der Waals surface area (Å²) >= 11 is 7.23. The smallest absolute Gasteiger partial charge is 0.305 e. The number of halogens is 2. The lowest BCUT2D eigenvalue weighted by molar-refractivity contribution is -0.140. The molecule has 0 saturated heterocycles. The standard InChI is InChI=1S/C16H26ClN3O3S.HI/c1-3-18-16(19-10-6-4-5-7-15(22)23-2)20-11-12(21)13-8-9-14(17)24-13;/h8-9,12,21H,3-7,10-11H2,1-2H3,(H2,18,19,20);1H. The number of ether oxygens (including phenoxy) is 1. The maximum Gasteiger partial charge on any atom is 0.305 e. The predicted molar refractivity (Wildman–Crippen MR) is 114 cm³/mol. The van der Waals surface area contributed by atoms with Crippen LogP contribution in [-0.2, 0) is 9.53 Å². The molecule has 1 heterocycles. The van der Waals surface area contributed by atoms with Gasteiger partial charge in [-0.15, -0.1) is 35.3 Å². The van der Waals surface area contributed by atoms with E-state index in [-0.39, 0.29) is 36.5 Å². The second kappa shape index (κ2) is 14.6. The molecule has 1 aromatic rings. The molecule has 1 aromatic heterocycles. The number of hydrogen-bond donors (Lipinski definition) is 3. The fraction of sp³-hybridized carbons (Fsp3) is 0.625. The summed E-state index contributed by atoms with van der Waals surface area (Å²) in [5.74, 6) is 0.507. The molecule has 0 amide bonds. The van der Waals surface area contributed by atoms with Crippen LogP contribution in [-0.4, -0.2) is 43.8 Å². The molecule has 0 fully saturated rings. The van der Waals surface area contributed by atoms with E-state index in [1.807, 2.05) is 13.0 Å². The molecule has 0 spiro atoms. The van der Waals surface area contributed by atoms with Gasteiger partial charge in [-0.2, -0.15) is 0 Å². The molecule has 0 aliphatic rings. The first-order chi connectivity index (χ1) is 11.6. The van der Waals surface area contributed by atoms with E-state index in [1.165, 1.54) is 18.4 Å². The lowest BCUT2D eigenvalue weighted by Crippen LogP contribution is -2.38. The molecular weight excluding hydrogens is 477 g/mol. The van der Waals surface area contributed by atoms with E-state index >= 15 is 0 Å². The number of aliphatic hydroxyl groups excluding tert-OH is 1. The molecule has 0 radical (unpaired) electrons. The molecule has 0 bridgehead atoms. The third-order valence-corrected chi connectivity index (χ3v) is 4.60. The van der Waals surface area contributed by atoms with Crippen LogP contribution in [0.1, 0.15) is 43.6 Å². The normalized spacial score (nSPS) is 12.2. The van der Waals surface area contributed by atoms with E-state index in [4.69, 9.17) is 11.6 Å². The lowest BCUT2D eigenvalue weighted by atomic mass is 10.2. The van der Waals surface area contributed by atoms with Crippen molar-refractivity contribution in [3.63, 3.8) is 0 Å². The Hall–Kier alpha value is -0.580. The molecule has 9 heteroatoms. The first kappa shape index (κ1) is 24.4. The fourth-order valence-corrected chi connectivity index (χ4v) is 3.03. The lowest BCUT2D eigenvalue weighted by Gasteiger charge is -2.12. The number of aliphatic imine (C=N–C) groups is 1. The Bertz CT molecular complexity index is 528. The molecule has 1 atom stereocenters. The molecule has 0 aliphatic carbocycles. The van der Waals surface area contributed by atoms with Crippen molar-refractivity contribution in [2.75, 3.05) is 26.7 Å². The highest BCUT2D eigenvalue weighted by Gasteiger charge is 2.10. The molecule has 6 nitrogen and oxygen atoms in total. The summed E-state index contributed by atoms with van der Waals surface area (Å²) < 4.78 is 5.26. The summed E-state index contributed by atoms with van der Waals surface area (Å²) in [4.78, 5) is 16.2. The average molecular weight is 504 g/mol. The van der Waals surface area contributed by atoms with Gasteiger partial charge >= 0.3 is 5.97 Å². The summed E-state index contributed by atoms with van der Waals surface area (Å²) in [6, 6.07) is 3.58. The number of hydrogen-bond acceptors (Lipinski definition) is 5. The van der Waals surface area contributed by atoms with Crippen LogP contribution < -0.4 is 10.6 Å². The zero-order chi connectivity index (χ0) is 17.8. The van der Waals surface area contributed by atoms with Crippen LogP contribution in [0, 0.1) is 0 Å². The molecular formula is C16H27ClIN3O3S. The maximum absolute atomic E-state index is 11.0. The highest BCUT2D eigenvalue weighted by molar-refractivity contribution is 14.0. The Morgan fingerprint density at radius 3 is 2.72 bits per heavy atom. The number of thiophene rings is 1. The second-order valence-electron chi connectivity index (χ2n) is 5.19. The topological polar surface area (TPSA) is 83.0 Å². The van der Waals surface area contributed by atoms with Gasteiger partial charge in [-0.3, -0.25) is 9.79 Å². The molecule has 144 valence electrons. The number of aliphatic hydroxyl groups is 1. The van der Waals surface area contributed by atoms with Crippen LogP contribution in [0.2, 0.25) is 4.34 Å². The van der Waals surface area contributed by atoms with E-state index in [9.17, 15) is 9.90 Å². The Balaban J connectivity index is 0.00000576. The monoisotopic (exact) mass is 503 g/mol. The average Bonchev–Trinajstić information content (AvgIpc) is 3.01. The van der Waals surface area contributed by atoms with Crippen molar-refractivity contribution in [1.82, 2.24) is 10.6 Å². The SMILES string of the molecule is CCNC(=NCC(O)c1ccc(Cl)s1)NCCCCCC(=O)OC.I. The molecule has 1 rings (SSSR count). The van der Waals surface area contributed by atoms with Gasteiger partial charge in [-0.1, -0.05) is 18.0 Å². The minimum atomic E-state index is -0.655. The first-order valence-corrected chi connectivity index (χ1v) is 9.28. The Kier molecular flexibility index (Phi) is 14.2. The van der Waals surface area contributed by atoms with Gasteiger partial charge in [-0.25, -0.2) is 0 Å². The van der Waals surface area contributed by atoms with Gasteiger partial charge in [0.25, 0.3) is 0 Å². The van der Waals surface area contributed by atoms with Gasteiger partial charge in [0.1, 0.15) is 6.10 Å². The number of esters is 1. The Morgan fingerprint density at radius 1 is 1.36 bits per heavy atom. The number of carbonyl (C=O) groups excluding carboxylic acids is 1. The maximum atomic E-state index is 11.0. The molecule has 25 heavy (non-hydrogen) atoms. The van der Waals surface area contributed by atoms with Crippen LogP contribution in [0.15, 0.2) is 17.1 Å². The minimum Gasteiger partial charge on any atom is -0.469 e. The van der Waals surface area contributed by atoms with Crippen LogP contribution in [0.5, 0.6) is 0 Å². The van der Waals surface area contributed by atoms with E-state index in [0.29, 0.717) is 16.7 Å². The largest absolute Gasteiger partial charge is 0.469 e. The van der Waals surface area contributed by atoms with Crippen LogP contribution >= 0.6 is 46.9 Å². The van der Waals surface area contributed by atoms with Crippen molar-refractivity contribution in [2.45, 2.75) is 38.7 Å². The van der Waals surface area contributed by atoms with Gasteiger partial charge < -0.3 is 20.5 Å². The molecule has 3 N–H and O–H groups in total. The summed E-state index contributed by atoms with van der Waals surface area (Å²) in [5.41, 5.74) is 0. The highest BCUT2D eigenvalue weighted by atomic mass is 127. The summed E-state index contributed by atoms with van der Waals surface area (Å²) in [6.45, 7) is 3.76. The van der Waals surface area contributed by atoms with E-state index in [2.05, 4.69) is 20.4 Å². The van der Waals surface area contributed by atoms with Gasteiger partial charge in [0.2, 0.25) is 0 Å². The molecule has 0 aliphatic heterocycles. The van der Waals surface area contributed by atoms with E-state index < -0.39 is 6.10 Å². The first-order valence-electron chi connectivity index (χ1n) is 8.09. The Morgan fingerprint density at radius 2 is 2.12 bits per heavy atom.